The van der Waals surface area contributed by atoms with Crippen molar-refractivity contribution in [1.29, 1.82) is 0 Å². The molecule has 9 heteroatoms. The minimum atomic E-state index is -4.74. The van der Waals surface area contributed by atoms with Crippen LogP contribution in [-0.2, 0) is 21.0 Å². The minimum absolute atomic E-state index is 0.0323. The SMILES string of the molecule is C[C@@H]1CN(S(=O)(=O)c2ccc(Cl)c(C(F)(F)F)c2)CCC1=O. The summed E-state index contributed by atoms with van der Waals surface area (Å²) in [6, 6.07) is 2.47. The summed E-state index contributed by atoms with van der Waals surface area (Å²) in [5.41, 5.74) is -1.20. The zero-order valence-corrected chi connectivity index (χ0v) is 13.1. The van der Waals surface area contributed by atoms with E-state index in [0.29, 0.717) is 6.07 Å². The highest BCUT2D eigenvalue weighted by molar-refractivity contribution is 7.89. The van der Waals surface area contributed by atoms with Gasteiger partial charge in [-0.05, 0) is 18.2 Å². The van der Waals surface area contributed by atoms with Crippen LogP contribution in [0.2, 0.25) is 5.02 Å². The number of rotatable bonds is 2. The number of halogens is 4. The molecule has 1 aromatic rings. The van der Waals surface area contributed by atoms with E-state index in [0.717, 1.165) is 16.4 Å². The zero-order chi connectivity index (χ0) is 16.7. The van der Waals surface area contributed by atoms with E-state index in [4.69, 9.17) is 11.6 Å². The predicted molar refractivity (Wildman–Crippen MR) is 74.0 cm³/mol. The second kappa shape index (κ2) is 5.82. The van der Waals surface area contributed by atoms with Crippen molar-refractivity contribution in [1.82, 2.24) is 4.31 Å². The molecule has 22 heavy (non-hydrogen) atoms. The topological polar surface area (TPSA) is 54.5 Å². The van der Waals surface area contributed by atoms with Crippen LogP contribution in [-0.4, -0.2) is 31.6 Å². The molecule has 2 rings (SSSR count). The number of carbonyl (C=O) groups is 1. The Bertz CT molecular complexity index is 703. The summed E-state index contributed by atoms with van der Waals surface area (Å²) < 4.78 is 64.4. The molecule has 0 bridgehead atoms. The molecule has 0 unspecified atom stereocenters. The van der Waals surface area contributed by atoms with Gasteiger partial charge in [-0.2, -0.15) is 17.5 Å². The highest BCUT2D eigenvalue weighted by Gasteiger charge is 2.37. The van der Waals surface area contributed by atoms with Crippen LogP contribution in [0, 0.1) is 5.92 Å². The van der Waals surface area contributed by atoms with Crippen LogP contribution in [0.1, 0.15) is 18.9 Å². The van der Waals surface area contributed by atoms with Crippen LogP contribution in [0.25, 0.3) is 0 Å². The quantitative estimate of drug-likeness (QED) is 0.819. The number of ketones is 1. The molecule has 4 nitrogen and oxygen atoms in total. The van der Waals surface area contributed by atoms with E-state index in [1.807, 2.05) is 0 Å². The van der Waals surface area contributed by atoms with E-state index >= 15 is 0 Å². The van der Waals surface area contributed by atoms with Crippen LogP contribution >= 0.6 is 11.6 Å². The third-order valence-corrected chi connectivity index (χ3v) is 5.71. The fraction of sp³-hybridized carbons (Fsp3) is 0.462. The number of hydrogen-bond donors (Lipinski definition) is 0. The molecule has 0 N–H and O–H groups in total. The largest absolute Gasteiger partial charge is 0.417 e. The molecular formula is C13H13ClF3NO3S. The van der Waals surface area contributed by atoms with Crippen molar-refractivity contribution in [3.63, 3.8) is 0 Å². The molecule has 0 aliphatic carbocycles. The van der Waals surface area contributed by atoms with Gasteiger partial charge in [0, 0.05) is 25.4 Å². The van der Waals surface area contributed by atoms with Gasteiger partial charge in [0.1, 0.15) is 5.78 Å². The third-order valence-electron chi connectivity index (χ3n) is 3.52. The molecule has 0 spiro atoms. The summed E-state index contributed by atoms with van der Waals surface area (Å²) in [4.78, 5) is 11.0. The van der Waals surface area contributed by atoms with Crippen LogP contribution in [0.4, 0.5) is 13.2 Å². The van der Waals surface area contributed by atoms with Crippen LogP contribution in [0.15, 0.2) is 23.1 Å². The van der Waals surface area contributed by atoms with E-state index in [-0.39, 0.29) is 25.3 Å². The molecule has 0 saturated carbocycles. The van der Waals surface area contributed by atoms with E-state index in [2.05, 4.69) is 0 Å². The first-order valence-electron chi connectivity index (χ1n) is 6.43. The van der Waals surface area contributed by atoms with Crippen molar-refractivity contribution in [3.05, 3.63) is 28.8 Å². The summed E-state index contributed by atoms with van der Waals surface area (Å²) in [5.74, 6) is -0.531. The third kappa shape index (κ3) is 3.28. The first kappa shape index (κ1) is 17.2. The van der Waals surface area contributed by atoms with Gasteiger partial charge in [0.2, 0.25) is 10.0 Å². The summed E-state index contributed by atoms with van der Waals surface area (Å²) in [5, 5.41) is -0.561. The maximum absolute atomic E-state index is 12.8. The van der Waals surface area contributed by atoms with E-state index < -0.39 is 37.6 Å². The maximum atomic E-state index is 12.8. The van der Waals surface area contributed by atoms with Gasteiger partial charge < -0.3 is 0 Å². The molecule has 1 saturated heterocycles. The Morgan fingerprint density at radius 3 is 2.50 bits per heavy atom. The zero-order valence-electron chi connectivity index (χ0n) is 11.5. The lowest BCUT2D eigenvalue weighted by Gasteiger charge is -2.29. The molecule has 1 aromatic carbocycles. The van der Waals surface area contributed by atoms with E-state index in [9.17, 15) is 26.4 Å². The van der Waals surface area contributed by atoms with Crippen LogP contribution in [0.5, 0.6) is 0 Å². The lowest BCUT2D eigenvalue weighted by molar-refractivity contribution is -0.137. The number of piperidine rings is 1. The highest BCUT2D eigenvalue weighted by atomic mass is 35.5. The lowest BCUT2D eigenvalue weighted by Crippen LogP contribution is -2.43. The normalized spacial score (nSPS) is 21.1. The standard InChI is InChI=1S/C13H13ClF3NO3S/c1-8-7-18(5-4-12(8)19)22(20,21)9-2-3-11(14)10(6-9)13(15,16)17/h2-3,6,8H,4-5,7H2,1H3/t8-/m1/s1. The summed E-state index contributed by atoms with van der Waals surface area (Å²) in [6.07, 6.45) is -4.69. The van der Waals surface area contributed by atoms with E-state index in [1.54, 1.807) is 6.92 Å². The number of hydrogen-bond acceptors (Lipinski definition) is 3. The molecule has 1 aliphatic heterocycles. The van der Waals surface area contributed by atoms with Crippen molar-refractivity contribution < 1.29 is 26.4 Å². The molecule has 0 aromatic heterocycles. The molecule has 1 fully saturated rings. The number of alkyl halides is 3. The van der Waals surface area contributed by atoms with Crippen molar-refractivity contribution in [2.24, 2.45) is 5.92 Å². The average Bonchev–Trinajstić information content (AvgIpc) is 2.40. The molecule has 0 radical (unpaired) electrons. The van der Waals surface area contributed by atoms with Crippen LogP contribution < -0.4 is 0 Å². The second-order valence-electron chi connectivity index (χ2n) is 5.12. The van der Waals surface area contributed by atoms with Crippen molar-refractivity contribution >= 4 is 27.4 Å². The van der Waals surface area contributed by atoms with Gasteiger partial charge in [-0.1, -0.05) is 18.5 Å². The molecule has 1 heterocycles. The van der Waals surface area contributed by atoms with Crippen molar-refractivity contribution in [2.45, 2.75) is 24.4 Å². The van der Waals surface area contributed by atoms with Crippen molar-refractivity contribution in [3.8, 4) is 0 Å². The molecule has 0 amide bonds. The number of Topliss-reactive ketones (excluding diaryl/α,β-unsaturated/α-hetero) is 1. The Labute approximate surface area is 130 Å². The fourth-order valence-electron chi connectivity index (χ4n) is 2.23. The van der Waals surface area contributed by atoms with Gasteiger partial charge in [0.25, 0.3) is 0 Å². The molecular weight excluding hydrogens is 343 g/mol. The molecule has 122 valence electrons. The lowest BCUT2D eigenvalue weighted by atomic mass is 10.0. The fourth-order valence-corrected chi connectivity index (χ4v) is 4.01. The molecule has 1 atom stereocenters. The Hall–Kier alpha value is -1.12. The minimum Gasteiger partial charge on any atom is -0.299 e. The Morgan fingerprint density at radius 2 is 1.95 bits per heavy atom. The van der Waals surface area contributed by atoms with Gasteiger partial charge in [-0.15, -0.1) is 0 Å². The van der Waals surface area contributed by atoms with Crippen molar-refractivity contribution in [2.75, 3.05) is 13.1 Å². The Balaban J connectivity index is 2.40. The number of nitrogens with zero attached hydrogens (tertiary/aromatic N) is 1. The maximum Gasteiger partial charge on any atom is 0.417 e. The summed E-state index contributed by atoms with van der Waals surface area (Å²) in [7, 11) is -4.10. The van der Waals surface area contributed by atoms with Gasteiger partial charge in [-0.3, -0.25) is 4.79 Å². The Kier molecular flexibility index (Phi) is 4.56. The second-order valence-corrected chi connectivity index (χ2v) is 7.46. The van der Waals surface area contributed by atoms with Gasteiger partial charge in [0.05, 0.1) is 15.5 Å². The smallest absolute Gasteiger partial charge is 0.299 e. The number of sulfonamides is 1. The van der Waals surface area contributed by atoms with Gasteiger partial charge in [-0.25, -0.2) is 8.42 Å². The Morgan fingerprint density at radius 1 is 1.32 bits per heavy atom. The first-order chi connectivity index (χ1) is 10.0. The summed E-state index contributed by atoms with van der Waals surface area (Å²) >= 11 is 5.49. The van der Waals surface area contributed by atoms with E-state index in [1.165, 1.54) is 0 Å². The van der Waals surface area contributed by atoms with Crippen LogP contribution in [0.3, 0.4) is 0 Å². The van der Waals surface area contributed by atoms with Gasteiger partial charge in [0.15, 0.2) is 0 Å². The van der Waals surface area contributed by atoms with Gasteiger partial charge >= 0.3 is 6.18 Å². The number of benzene rings is 1. The summed E-state index contributed by atoms with van der Waals surface area (Å²) in [6.45, 7) is 1.52. The predicted octanol–water partition coefficient (Wildman–Crippen LogP) is 2.96. The molecule has 1 aliphatic rings. The monoisotopic (exact) mass is 355 g/mol. The highest BCUT2D eigenvalue weighted by Crippen LogP contribution is 2.36. The number of carbonyl (C=O) groups excluding carboxylic acids is 1. The first-order valence-corrected chi connectivity index (χ1v) is 8.25. The average molecular weight is 356 g/mol.